The summed E-state index contributed by atoms with van der Waals surface area (Å²) >= 11 is 0. The summed E-state index contributed by atoms with van der Waals surface area (Å²) < 4.78 is 47.6. The van der Waals surface area contributed by atoms with Crippen molar-refractivity contribution < 1.29 is 70.5 Å². The SMILES string of the molecule is CC[C@H](C)[C@@H]([C@@H](CC(=O)N1CCC[C@H]1C[C@@H](C)C(=O)N[C@H](C)Cc1ccccc1)OC)N(C)C(=O)[C@@H](NC(=O)[C@H](C(C)C)N(C)C(=O)OCc1ccc(NC(=O)[C@H](CCCCN)NC(=O)COCC(=O)NCCOC(C)Cn2cc(CNC(=O)CCCC#Cc3cnc(S(C)(=O)=O)nc3)nn2)cc1)C(C)C. The summed E-state index contributed by atoms with van der Waals surface area (Å²) in [6, 6.07) is 12.7. The number of carbonyl (C=O) groups excluding carboxylic acids is 9. The van der Waals surface area contributed by atoms with E-state index in [1.165, 1.54) is 31.5 Å². The molecule has 2 aromatic carbocycles. The van der Waals surface area contributed by atoms with Crippen molar-refractivity contribution in [3.05, 3.63) is 95.6 Å². The molecule has 0 radical (unpaired) electrons. The van der Waals surface area contributed by atoms with Crippen LogP contribution < -0.4 is 37.6 Å². The van der Waals surface area contributed by atoms with Crippen LogP contribution >= 0.6 is 0 Å². The van der Waals surface area contributed by atoms with Crippen LogP contribution in [0.15, 0.2) is 78.3 Å². The molecule has 8 N–H and O–H groups in total. The van der Waals surface area contributed by atoms with Crippen molar-refractivity contribution in [3.8, 4) is 11.8 Å². The minimum Gasteiger partial charge on any atom is -0.445 e. The number of unbranched alkanes of at least 4 members (excludes halogenated alkanes) is 2. The van der Waals surface area contributed by atoms with Gasteiger partial charge in [0.1, 0.15) is 43.6 Å². The van der Waals surface area contributed by atoms with Crippen LogP contribution in [0, 0.1) is 35.5 Å². The van der Waals surface area contributed by atoms with E-state index in [1.807, 2.05) is 83.7 Å². The van der Waals surface area contributed by atoms with Crippen LogP contribution in [-0.4, -0.2) is 217 Å². The summed E-state index contributed by atoms with van der Waals surface area (Å²) in [5.74, 6) is 1.59. The predicted molar refractivity (Wildman–Crippen MR) is 398 cm³/mol. The zero-order valence-corrected chi connectivity index (χ0v) is 64.7. The van der Waals surface area contributed by atoms with Gasteiger partial charge in [-0.05, 0) is 113 Å². The van der Waals surface area contributed by atoms with Gasteiger partial charge in [0.15, 0.2) is 0 Å². The summed E-state index contributed by atoms with van der Waals surface area (Å²) in [4.78, 5) is 134. The highest BCUT2D eigenvalue weighted by Gasteiger charge is 2.42. The van der Waals surface area contributed by atoms with Gasteiger partial charge >= 0.3 is 6.09 Å². The first-order valence-electron chi connectivity index (χ1n) is 36.6. The molecular formula is C75H113N15O15S. The first-order chi connectivity index (χ1) is 50.4. The third-order valence-corrected chi connectivity index (χ3v) is 19.2. The van der Waals surface area contributed by atoms with Crippen molar-refractivity contribution in [2.24, 2.45) is 29.4 Å². The Morgan fingerprint density at radius 1 is 0.792 bits per heavy atom. The van der Waals surface area contributed by atoms with Crippen LogP contribution in [0.4, 0.5) is 10.5 Å². The zero-order valence-electron chi connectivity index (χ0n) is 63.9. The molecule has 5 rings (SSSR count). The normalized spacial score (nSPS) is 15.4. The second-order valence-corrected chi connectivity index (χ2v) is 29.9. The quantitative estimate of drug-likeness (QED) is 0.0176. The van der Waals surface area contributed by atoms with E-state index in [4.69, 9.17) is 24.7 Å². The summed E-state index contributed by atoms with van der Waals surface area (Å²) in [5, 5.41) is 25.0. The first-order valence-corrected chi connectivity index (χ1v) is 38.5. The fourth-order valence-electron chi connectivity index (χ4n) is 12.4. The maximum Gasteiger partial charge on any atom is 0.410 e. The van der Waals surface area contributed by atoms with Crippen molar-refractivity contribution in [3.63, 3.8) is 0 Å². The van der Waals surface area contributed by atoms with Crippen molar-refractivity contribution in [2.75, 3.05) is 72.2 Å². The van der Waals surface area contributed by atoms with Gasteiger partial charge < -0.3 is 66.4 Å². The first kappa shape index (κ1) is 87.7. The highest BCUT2D eigenvalue weighted by Crippen LogP contribution is 2.29. The molecule has 0 spiro atoms. The molecule has 1 aliphatic rings. The number of hydrogen-bond acceptors (Lipinski definition) is 20. The van der Waals surface area contributed by atoms with E-state index in [0.717, 1.165) is 24.7 Å². The van der Waals surface area contributed by atoms with Gasteiger partial charge in [0.05, 0.1) is 56.1 Å². The molecular weight excluding hydrogens is 1380 g/mol. The number of nitrogens with one attached hydrogen (secondary N) is 6. The van der Waals surface area contributed by atoms with Crippen molar-refractivity contribution in [2.45, 2.75) is 213 Å². The average molecular weight is 1500 g/mol. The molecule has 0 aliphatic carbocycles. The largest absolute Gasteiger partial charge is 0.445 e. The van der Waals surface area contributed by atoms with Crippen LogP contribution in [0.25, 0.3) is 0 Å². The number of nitrogens with zero attached hydrogens (tertiary/aromatic N) is 8. The van der Waals surface area contributed by atoms with Crippen LogP contribution in [0.3, 0.4) is 0 Å². The molecule has 1 unspecified atom stereocenters. The summed E-state index contributed by atoms with van der Waals surface area (Å²) in [6.45, 7) is 17.6. The van der Waals surface area contributed by atoms with Gasteiger partial charge in [-0.3, -0.25) is 43.3 Å². The lowest BCUT2D eigenvalue weighted by molar-refractivity contribution is -0.146. The number of rotatable bonds is 44. The lowest BCUT2D eigenvalue weighted by Crippen LogP contribution is -2.60. The Morgan fingerprint density at radius 2 is 1.49 bits per heavy atom. The number of anilines is 1. The highest BCUT2D eigenvalue weighted by molar-refractivity contribution is 7.90. The van der Waals surface area contributed by atoms with Crippen molar-refractivity contribution >= 4 is 68.9 Å². The van der Waals surface area contributed by atoms with E-state index in [0.29, 0.717) is 87.1 Å². The minimum atomic E-state index is -3.51. The molecule has 2 aromatic heterocycles. The van der Waals surface area contributed by atoms with Gasteiger partial charge in [-0.1, -0.05) is 114 Å². The van der Waals surface area contributed by atoms with Crippen LogP contribution in [0.5, 0.6) is 0 Å². The molecule has 31 heteroatoms. The van der Waals surface area contributed by atoms with E-state index in [9.17, 15) is 51.6 Å². The molecule has 10 atom stereocenters. The minimum absolute atomic E-state index is 0.00415. The topological polar surface area (TPSA) is 389 Å². The van der Waals surface area contributed by atoms with Gasteiger partial charge in [0, 0.05) is 89.5 Å². The molecule has 0 saturated carbocycles. The zero-order chi connectivity index (χ0) is 78.0. The van der Waals surface area contributed by atoms with Gasteiger partial charge in [0.2, 0.25) is 62.3 Å². The Morgan fingerprint density at radius 3 is 2.14 bits per heavy atom. The molecule has 3 heterocycles. The van der Waals surface area contributed by atoms with Gasteiger partial charge in [0.25, 0.3) is 0 Å². The Kier molecular flexibility index (Phi) is 37.1. The van der Waals surface area contributed by atoms with E-state index in [-0.39, 0.29) is 110 Å². The fraction of sp³-hybridized carbons (Fsp3) is 0.613. The Bertz CT molecular complexity index is 3650. The van der Waals surface area contributed by atoms with Crippen molar-refractivity contribution in [1.29, 1.82) is 0 Å². The lowest BCUT2D eigenvalue weighted by Gasteiger charge is -2.40. The number of sulfone groups is 1. The molecule has 1 aliphatic heterocycles. The number of ether oxygens (including phenoxy) is 4. The molecule has 9 amide bonds. The maximum absolute atomic E-state index is 14.8. The molecule has 1 saturated heterocycles. The number of methoxy groups -OCH3 is 1. The van der Waals surface area contributed by atoms with Gasteiger partial charge in [-0.2, -0.15) is 0 Å². The predicted octanol–water partition coefficient (Wildman–Crippen LogP) is 4.88. The van der Waals surface area contributed by atoms with Crippen LogP contribution in [0.2, 0.25) is 0 Å². The second kappa shape index (κ2) is 44.9. The molecule has 0 bridgehead atoms. The number of benzene rings is 2. The molecule has 4 aromatic rings. The standard InChI is InChI=1S/C75H113N15O15S/c1-14-51(6)69(62(102-12)40-66(94)90-36-23-27-60(90)38-52(7)70(95)81-53(8)39-55-24-17-15-18-25-55)87(10)73(98)67(49(2)3)84-72(97)68(50(4)5)88(11)75(99)105-46-56-30-32-58(33-31-56)82-71(96)61(28-21-22-34-76)83-65(93)48-103-47-64(92)77-35-37-104-54(9)44-89-45-59(85-86-89)43-78-63(91)29-20-16-19-26-57-41-79-74(80-42-57)106(13,100)101/h15,17-18,24-25,30-33,41-42,45,49-54,60-62,67-69H,14,16,20-23,27-29,34-40,43-44,46-48,76H2,1-13H3,(H,77,92)(H,78,91)(H,81,95)(H,82,96)(H,83,93)(H,84,97)/t51-,52+,53+,54?,60-,61-,62+,67-,68-,69-/m0/s1. The number of nitrogens with two attached hydrogens (primary N) is 1. The fourth-order valence-corrected chi connectivity index (χ4v) is 12.9. The molecule has 1 fully saturated rings. The number of amides is 9. The van der Waals surface area contributed by atoms with E-state index >= 15 is 0 Å². The summed E-state index contributed by atoms with van der Waals surface area (Å²) in [7, 11) is 1.15. The lowest BCUT2D eigenvalue weighted by atomic mass is 9.89. The number of carbonyl (C=O) groups is 9. The van der Waals surface area contributed by atoms with Gasteiger partial charge in [-0.25, -0.2) is 27.9 Å². The summed E-state index contributed by atoms with van der Waals surface area (Å²) in [5.41, 5.74) is 8.82. The smallest absolute Gasteiger partial charge is 0.410 e. The Labute approximate surface area is 624 Å². The molecule has 584 valence electrons. The van der Waals surface area contributed by atoms with Crippen LogP contribution in [-0.2, 0) is 93.3 Å². The number of likely N-dealkylation sites (N-methyl/N-ethyl adjacent to an activating group) is 2. The third kappa shape index (κ3) is 29.8. The Balaban J connectivity index is 1.02. The average Bonchev–Trinajstić information content (AvgIpc) is 1.05. The van der Waals surface area contributed by atoms with Gasteiger partial charge in [-0.15, -0.1) is 5.10 Å². The van der Waals surface area contributed by atoms with Crippen LogP contribution in [0.1, 0.15) is 155 Å². The van der Waals surface area contributed by atoms with E-state index < -0.39 is 89.0 Å². The summed E-state index contributed by atoms with van der Waals surface area (Å²) in [6.07, 6.45) is 9.57. The Hall–Kier alpha value is -8.96. The second-order valence-electron chi connectivity index (χ2n) is 28.0. The number of aromatic nitrogens is 5. The third-order valence-electron chi connectivity index (χ3n) is 18.3. The number of hydrogen-bond donors (Lipinski definition) is 7. The van der Waals surface area contributed by atoms with Crippen molar-refractivity contribution in [1.82, 2.24) is 66.2 Å². The number of likely N-dealkylation sites (tertiary alicyclic amines) is 1. The van der Waals surface area contributed by atoms with E-state index in [2.05, 4.69) is 64.0 Å². The molecule has 30 nitrogen and oxygen atoms in total. The monoisotopic (exact) mass is 1500 g/mol. The van der Waals surface area contributed by atoms with E-state index in [1.54, 1.807) is 60.9 Å². The maximum atomic E-state index is 14.8. The molecule has 106 heavy (non-hydrogen) atoms. The highest BCUT2D eigenvalue weighted by atomic mass is 32.2.